The lowest BCUT2D eigenvalue weighted by Crippen LogP contribution is -2.30. The molecule has 0 spiro atoms. The van der Waals surface area contributed by atoms with Crippen LogP contribution < -0.4 is 0 Å². The number of hydrogen-bond acceptors (Lipinski definition) is 4. The molecular formula is C8H2F6O3P2S. The third-order valence-electron chi connectivity index (χ3n) is 2.87. The fourth-order valence-corrected chi connectivity index (χ4v) is 17.2. The fourth-order valence-electron chi connectivity index (χ4n) is 2.21. The molecule has 3 heterocycles. The number of hydrogen-bond donors (Lipinski definition) is 0. The van der Waals surface area contributed by atoms with Crippen LogP contribution in [0.15, 0.2) is 10.6 Å². The first-order valence-corrected chi connectivity index (χ1v) is 9.79. The van der Waals surface area contributed by atoms with Gasteiger partial charge in [0.25, 0.3) is 0 Å². The number of cyclic esters (lactones) is 2. The molecule has 0 aromatic rings. The zero-order chi connectivity index (χ0) is 15.0. The van der Waals surface area contributed by atoms with Crippen molar-refractivity contribution in [2.45, 2.75) is 23.7 Å². The van der Waals surface area contributed by atoms with Crippen molar-refractivity contribution in [3.8, 4) is 0 Å². The van der Waals surface area contributed by atoms with Crippen LogP contribution in [0.25, 0.3) is 0 Å². The molecule has 12 heteroatoms. The van der Waals surface area contributed by atoms with Gasteiger partial charge in [-0.15, -0.1) is 0 Å². The third-order valence-corrected chi connectivity index (χ3v) is 14.2. The molecule has 0 N–H and O–H groups in total. The quantitative estimate of drug-likeness (QED) is 0.288. The summed E-state index contributed by atoms with van der Waals surface area (Å²) < 4.78 is 81.6. The summed E-state index contributed by atoms with van der Waals surface area (Å²) >= 11 is 0.495. The van der Waals surface area contributed by atoms with Gasteiger partial charge in [-0.25, -0.2) is 0 Å². The van der Waals surface area contributed by atoms with Crippen molar-refractivity contribution in [1.82, 2.24) is 0 Å². The molecule has 3 rings (SSSR count). The fraction of sp³-hybridized carbons (Fsp3) is 0.500. The normalized spacial score (nSPS) is 36.7. The Kier molecular flexibility index (Phi) is 3.00. The van der Waals surface area contributed by atoms with Crippen LogP contribution in [0.2, 0.25) is 0 Å². The number of esters is 2. The van der Waals surface area contributed by atoms with E-state index in [0.29, 0.717) is 11.0 Å². The number of rotatable bonds is 0. The number of alkyl halides is 6. The number of carbonyl (C=O) groups is 2. The van der Waals surface area contributed by atoms with Crippen LogP contribution in [0.5, 0.6) is 0 Å². The van der Waals surface area contributed by atoms with Gasteiger partial charge in [0.2, 0.25) is 0 Å². The first-order chi connectivity index (χ1) is 9.03. The molecule has 0 aliphatic carbocycles. The van der Waals surface area contributed by atoms with Gasteiger partial charge in [0.05, 0.1) is 10.6 Å². The van der Waals surface area contributed by atoms with Gasteiger partial charge in [0, 0.05) is 14.2 Å². The van der Waals surface area contributed by atoms with E-state index in [9.17, 15) is 35.9 Å². The third kappa shape index (κ3) is 1.84. The lowest BCUT2D eigenvalue weighted by Gasteiger charge is -2.26. The van der Waals surface area contributed by atoms with E-state index in [1.54, 1.807) is 0 Å². The van der Waals surface area contributed by atoms with Gasteiger partial charge in [0.15, 0.2) is 0 Å². The van der Waals surface area contributed by atoms with Crippen LogP contribution in [0.3, 0.4) is 0 Å². The number of ether oxygens (including phenoxy) is 1. The van der Waals surface area contributed by atoms with E-state index in [4.69, 9.17) is 0 Å². The molecule has 2 bridgehead atoms. The highest BCUT2D eigenvalue weighted by Gasteiger charge is 2.71. The molecule has 3 aliphatic rings. The van der Waals surface area contributed by atoms with Crippen LogP contribution in [0, 0.1) is 0 Å². The van der Waals surface area contributed by atoms with Gasteiger partial charge < -0.3 is 4.74 Å². The highest BCUT2D eigenvalue weighted by atomic mass is 33.1. The van der Waals surface area contributed by atoms with E-state index in [-0.39, 0.29) is 0 Å². The van der Waals surface area contributed by atoms with Crippen molar-refractivity contribution in [2.75, 3.05) is 0 Å². The molecule has 0 aromatic carbocycles. The molecule has 2 fully saturated rings. The summed E-state index contributed by atoms with van der Waals surface area (Å²) in [7, 11) is -4.89. The molecule has 110 valence electrons. The minimum absolute atomic E-state index is 0.495. The van der Waals surface area contributed by atoms with Crippen molar-refractivity contribution in [1.29, 1.82) is 0 Å². The summed E-state index contributed by atoms with van der Waals surface area (Å²) in [5.74, 6) is -2.27. The standard InChI is InChI=1S/C8H2F6O3P2S/c9-7(10,11)3-4(8(12,13)14)19-2-1(18(3)20-19)5(15)17-6(2)16/h1-2H. The molecule has 0 saturated carbocycles. The average Bonchev–Trinajstić information content (AvgIpc) is 2.86. The second kappa shape index (κ2) is 4.11. The van der Waals surface area contributed by atoms with Crippen molar-refractivity contribution in [3.63, 3.8) is 0 Å². The van der Waals surface area contributed by atoms with E-state index in [1.807, 2.05) is 0 Å². The minimum atomic E-state index is -5.16. The minimum Gasteiger partial charge on any atom is -0.392 e. The number of allylic oxidation sites excluding steroid dienone is 2. The number of halogens is 6. The Labute approximate surface area is 113 Å². The highest BCUT2D eigenvalue weighted by molar-refractivity contribution is 8.89. The number of fused-ring (bicyclic) bond motifs is 5. The molecule has 2 saturated heterocycles. The monoisotopic (exact) mass is 354 g/mol. The highest BCUT2D eigenvalue weighted by Crippen LogP contribution is 2.95. The lowest BCUT2D eigenvalue weighted by molar-refractivity contribution is -0.151. The first-order valence-electron chi connectivity index (χ1n) is 4.94. The van der Waals surface area contributed by atoms with Crippen LogP contribution in [0.1, 0.15) is 0 Å². The Hall–Kier alpha value is -0.330. The molecule has 4 atom stereocenters. The van der Waals surface area contributed by atoms with Crippen LogP contribution in [-0.4, -0.2) is 35.6 Å². The SMILES string of the molecule is O=C1OC(=O)C2C1P1SP2C(C(F)(F)F)=C1C(F)(F)F. The maximum atomic E-state index is 12.9. The van der Waals surface area contributed by atoms with E-state index in [1.165, 1.54) is 0 Å². The summed E-state index contributed by atoms with van der Waals surface area (Å²) in [5.41, 5.74) is -2.76. The zero-order valence-corrected chi connectivity index (χ0v) is 11.6. The van der Waals surface area contributed by atoms with Crippen LogP contribution in [-0.2, 0) is 14.3 Å². The summed E-state index contributed by atoms with van der Waals surface area (Å²) in [6.45, 7) is 0. The molecule has 3 aliphatic heterocycles. The molecular weight excluding hydrogens is 352 g/mol. The van der Waals surface area contributed by atoms with E-state index in [0.717, 1.165) is 0 Å². The van der Waals surface area contributed by atoms with Crippen molar-refractivity contribution in [3.05, 3.63) is 10.6 Å². The van der Waals surface area contributed by atoms with Gasteiger partial charge in [-0.3, -0.25) is 9.59 Å². The molecule has 0 radical (unpaired) electrons. The predicted molar refractivity (Wildman–Crippen MR) is 59.2 cm³/mol. The predicted octanol–water partition coefficient (Wildman–Crippen LogP) is 3.70. The molecule has 3 nitrogen and oxygen atoms in total. The van der Waals surface area contributed by atoms with Gasteiger partial charge in [-0.1, -0.05) is 11.0 Å². The van der Waals surface area contributed by atoms with Gasteiger partial charge in [-0.05, 0) is 0 Å². The Balaban J connectivity index is 2.17. The number of carbonyl (C=O) groups excluding carboxylic acids is 2. The Bertz CT molecular complexity index is 509. The summed E-state index contributed by atoms with van der Waals surface area (Å²) in [5, 5.41) is -3.33. The van der Waals surface area contributed by atoms with E-state index in [2.05, 4.69) is 4.74 Å². The van der Waals surface area contributed by atoms with Gasteiger partial charge in [-0.2, -0.15) is 26.3 Å². The summed E-state index contributed by atoms with van der Waals surface area (Å²) in [4.78, 5) is 22.8. The topological polar surface area (TPSA) is 43.4 Å². The first kappa shape index (κ1) is 14.6. The molecule has 0 aromatic heterocycles. The smallest absolute Gasteiger partial charge is 0.392 e. The second-order valence-corrected chi connectivity index (χ2v) is 11.8. The molecule has 0 amide bonds. The van der Waals surface area contributed by atoms with Crippen molar-refractivity contribution >= 4 is 37.2 Å². The summed E-state index contributed by atoms with van der Waals surface area (Å²) in [6, 6.07) is 0. The van der Waals surface area contributed by atoms with Gasteiger partial charge >= 0.3 is 24.3 Å². The Morgan fingerprint density at radius 2 is 1.20 bits per heavy atom. The molecule has 20 heavy (non-hydrogen) atoms. The van der Waals surface area contributed by atoms with Crippen molar-refractivity contribution in [2.24, 2.45) is 0 Å². The van der Waals surface area contributed by atoms with E-state index < -0.39 is 60.5 Å². The molecule has 4 unspecified atom stereocenters. The maximum Gasteiger partial charge on any atom is 0.418 e. The van der Waals surface area contributed by atoms with Crippen LogP contribution >= 0.6 is 25.2 Å². The van der Waals surface area contributed by atoms with E-state index >= 15 is 0 Å². The Morgan fingerprint density at radius 1 is 0.850 bits per heavy atom. The lowest BCUT2D eigenvalue weighted by atomic mass is 10.3. The largest absolute Gasteiger partial charge is 0.418 e. The average molecular weight is 354 g/mol. The maximum absolute atomic E-state index is 12.9. The second-order valence-electron chi connectivity index (χ2n) is 4.06. The van der Waals surface area contributed by atoms with Crippen LogP contribution in [0.4, 0.5) is 26.3 Å². The summed E-state index contributed by atoms with van der Waals surface area (Å²) in [6.07, 6.45) is -10.3. The van der Waals surface area contributed by atoms with Crippen molar-refractivity contribution < 1.29 is 40.7 Å². The zero-order valence-electron chi connectivity index (χ0n) is 8.95. The van der Waals surface area contributed by atoms with Gasteiger partial charge in [0.1, 0.15) is 11.3 Å². The Morgan fingerprint density at radius 3 is 1.50 bits per heavy atom.